The van der Waals surface area contributed by atoms with Crippen LogP contribution in [0.5, 0.6) is 0 Å². The molecule has 3 aliphatic carbocycles. The summed E-state index contributed by atoms with van der Waals surface area (Å²) in [5, 5.41) is 5.79. The maximum absolute atomic E-state index is 11.7. The average molecular weight is 941 g/mol. The van der Waals surface area contributed by atoms with Crippen LogP contribution in [0, 0.1) is 17.8 Å². The molecule has 66 heavy (non-hydrogen) atoms. The van der Waals surface area contributed by atoms with Crippen LogP contribution < -0.4 is 16.4 Å². The third-order valence-electron chi connectivity index (χ3n) is 9.92. The zero-order chi connectivity index (χ0) is 50.0. The minimum atomic E-state index is -1.06. The second kappa shape index (κ2) is 31.8. The molecule has 3 saturated carbocycles. The molecule has 0 aromatic rings. The molecule has 0 unspecified atom stereocenters. The van der Waals surface area contributed by atoms with E-state index in [0.717, 1.165) is 83.3 Å². The lowest BCUT2D eigenvalue weighted by atomic mass is 9.84. The number of hydrogen-bond donors (Lipinski definition) is 3. The van der Waals surface area contributed by atoms with Gasteiger partial charge in [0.2, 0.25) is 0 Å². The Morgan fingerprint density at radius 1 is 0.500 bits per heavy atom. The molecule has 0 bridgehead atoms. The normalized spacial score (nSPS) is 21.7. The standard InChI is InChI=1S/C15H27NO4.C13H23NO3.C10H19NO2.C10H18O5.B/c1-5-19-13(17)10-11-6-8-12(9-7-11)16-14(18)20-15(2,3)4;1-13(2,3)17-12(16)14-11-6-4-10(5-7-11)8-9-15;1-2-13-10(12)7-8-3-5-9(11)6-4-8;1-9(2,3)14-7(11)13-8(12)15-10(4,5)6;/h11-12H,5-10H2,1-4H3,(H,16,18);9-11H,4-8H2,1-3H3,(H,14,16);8-9H,2-7,11H2,1H3;1-6H3;. The smallest absolute Gasteiger partial charge is 0.466 e. The summed E-state index contributed by atoms with van der Waals surface area (Å²) in [6.45, 7) is 25.7. The van der Waals surface area contributed by atoms with Gasteiger partial charge < -0.3 is 54.3 Å². The first kappa shape index (κ1) is 64.0. The van der Waals surface area contributed by atoms with E-state index in [1.54, 1.807) is 41.5 Å². The number of nitrogens with two attached hydrogens (primary N) is 1. The van der Waals surface area contributed by atoms with E-state index >= 15 is 0 Å². The summed E-state index contributed by atoms with van der Waals surface area (Å²) >= 11 is 0. The zero-order valence-corrected chi connectivity index (χ0v) is 42.9. The number of esters is 2. The summed E-state index contributed by atoms with van der Waals surface area (Å²) in [6, 6.07) is 0.717. The maximum Gasteiger partial charge on any atom is 0.519 e. The fourth-order valence-electron chi connectivity index (χ4n) is 7.05. The Bertz CT molecular complexity index is 1400. The Kier molecular flexibility index (Phi) is 30.8. The van der Waals surface area contributed by atoms with Crippen LogP contribution in [-0.4, -0.2) is 105 Å². The summed E-state index contributed by atoms with van der Waals surface area (Å²) in [7, 11) is 0. The van der Waals surface area contributed by atoms with Crippen LogP contribution in [0.1, 0.15) is 193 Å². The van der Waals surface area contributed by atoms with E-state index in [0.29, 0.717) is 56.3 Å². The molecule has 0 aliphatic heterocycles. The second-order valence-electron chi connectivity index (χ2n) is 21.0. The number of carbonyl (C=O) groups excluding carboxylic acids is 7. The van der Waals surface area contributed by atoms with Crippen molar-refractivity contribution in [3.8, 4) is 0 Å². The highest BCUT2D eigenvalue weighted by Gasteiger charge is 2.28. The summed E-state index contributed by atoms with van der Waals surface area (Å²) in [6.07, 6.45) is 11.8. The molecular formula is C48H87BN3O14. The summed E-state index contributed by atoms with van der Waals surface area (Å²) in [4.78, 5) is 78.2. The summed E-state index contributed by atoms with van der Waals surface area (Å²) in [5.41, 5.74) is 3.47. The molecule has 17 nitrogen and oxygen atoms in total. The van der Waals surface area contributed by atoms with Gasteiger partial charge in [-0.05, 0) is 192 Å². The number of nitrogens with one attached hydrogen (secondary N) is 2. The molecule has 2 amide bonds. The minimum absolute atomic E-state index is 0. The van der Waals surface area contributed by atoms with Gasteiger partial charge in [0, 0.05) is 45.8 Å². The number of alkyl carbamates (subject to hydrolysis) is 2. The average Bonchev–Trinajstić information content (AvgIpc) is 3.12. The van der Waals surface area contributed by atoms with Gasteiger partial charge in [0.25, 0.3) is 0 Å². The van der Waals surface area contributed by atoms with Crippen molar-refractivity contribution in [1.29, 1.82) is 0 Å². The number of rotatable bonds is 10. The van der Waals surface area contributed by atoms with E-state index in [-0.39, 0.29) is 44.6 Å². The molecule has 4 N–H and O–H groups in total. The van der Waals surface area contributed by atoms with Gasteiger partial charge in [-0.1, -0.05) is 0 Å². The van der Waals surface area contributed by atoms with Crippen molar-refractivity contribution in [3.05, 3.63) is 0 Å². The molecule has 0 spiro atoms. The van der Waals surface area contributed by atoms with E-state index < -0.39 is 34.7 Å². The molecule has 3 rings (SSSR count). The predicted molar refractivity (Wildman–Crippen MR) is 253 cm³/mol. The van der Waals surface area contributed by atoms with Crippen LogP contribution >= 0.6 is 0 Å². The SMILES string of the molecule is CC(C)(C)OC(=O)NC1CCC(CC=O)CC1.CC(C)(C)OC(=O)OC(=O)OC(C)(C)C.CCOC(=O)CC1CCC(N)CC1.CCOC(=O)CC1CCC(NC(=O)OC(C)(C)C)CC1.[B]. The lowest BCUT2D eigenvalue weighted by Gasteiger charge is -2.29. The van der Waals surface area contributed by atoms with Gasteiger partial charge in [-0.25, -0.2) is 19.2 Å². The molecule has 3 fully saturated rings. The Balaban J connectivity index is 0. The van der Waals surface area contributed by atoms with Crippen molar-refractivity contribution in [2.24, 2.45) is 23.5 Å². The molecule has 3 radical (unpaired) electrons. The minimum Gasteiger partial charge on any atom is -0.466 e. The summed E-state index contributed by atoms with van der Waals surface area (Å²) < 4.78 is 34.1. The highest BCUT2D eigenvalue weighted by molar-refractivity contribution is 5.77. The highest BCUT2D eigenvalue weighted by atomic mass is 16.8. The van der Waals surface area contributed by atoms with Gasteiger partial charge in [0.15, 0.2) is 0 Å². The van der Waals surface area contributed by atoms with Gasteiger partial charge in [0.1, 0.15) is 28.7 Å². The zero-order valence-electron chi connectivity index (χ0n) is 42.9. The van der Waals surface area contributed by atoms with Crippen LogP contribution in [0.4, 0.5) is 19.2 Å². The summed E-state index contributed by atoms with van der Waals surface area (Å²) in [5.74, 6) is 1.23. The maximum atomic E-state index is 11.7. The Hall–Kier alpha value is -4.09. The van der Waals surface area contributed by atoms with Crippen LogP contribution in [-0.2, 0) is 47.5 Å². The van der Waals surface area contributed by atoms with Crippen molar-refractivity contribution >= 4 is 51.1 Å². The monoisotopic (exact) mass is 941 g/mol. The molecule has 0 heterocycles. The largest absolute Gasteiger partial charge is 0.519 e. The van der Waals surface area contributed by atoms with E-state index in [1.165, 1.54) is 0 Å². The van der Waals surface area contributed by atoms with Crippen molar-refractivity contribution in [1.82, 2.24) is 10.6 Å². The van der Waals surface area contributed by atoms with E-state index in [1.807, 2.05) is 55.4 Å². The van der Waals surface area contributed by atoms with Crippen molar-refractivity contribution in [3.63, 3.8) is 0 Å². The molecule has 0 aromatic heterocycles. The van der Waals surface area contributed by atoms with E-state index in [2.05, 4.69) is 15.4 Å². The van der Waals surface area contributed by atoms with Crippen LogP contribution in [0.2, 0.25) is 0 Å². The van der Waals surface area contributed by atoms with Gasteiger partial charge in [-0.2, -0.15) is 0 Å². The lowest BCUT2D eigenvalue weighted by molar-refractivity contribution is -0.145. The number of amides is 2. The van der Waals surface area contributed by atoms with Gasteiger partial charge in [-0.3, -0.25) is 9.59 Å². The van der Waals surface area contributed by atoms with Gasteiger partial charge in [0.05, 0.1) is 13.2 Å². The fraction of sp³-hybridized carbons (Fsp3) is 0.854. The third kappa shape index (κ3) is 37.1. The predicted octanol–water partition coefficient (Wildman–Crippen LogP) is 9.63. The molecule has 381 valence electrons. The van der Waals surface area contributed by atoms with Crippen LogP contribution in [0.15, 0.2) is 0 Å². The number of hydrogen-bond acceptors (Lipinski definition) is 15. The first-order chi connectivity index (χ1) is 29.9. The highest BCUT2D eigenvalue weighted by Crippen LogP contribution is 2.29. The molecule has 0 atom stereocenters. The van der Waals surface area contributed by atoms with Gasteiger partial charge >= 0.3 is 36.4 Å². The van der Waals surface area contributed by atoms with Gasteiger partial charge in [-0.15, -0.1) is 0 Å². The van der Waals surface area contributed by atoms with E-state index in [4.69, 9.17) is 34.2 Å². The molecule has 18 heteroatoms. The first-order valence-corrected chi connectivity index (χ1v) is 23.6. The van der Waals surface area contributed by atoms with Crippen molar-refractivity contribution < 1.29 is 66.7 Å². The quantitative estimate of drug-likeness (QED) is 0.0608. The molecular weight excluding hydrogens is 853 g/mol. The van der Waals surface area contributed by atoms with E-state index in [9.17, 15) is 33.6 Å². The molecule has 0 aromatic carbocycles. The topological polar surface area (TPSA) is 234 Å². The Labute approximate surface area is 398 Å². The number of carbonyl (C=O) groups is 7. The van der Waals surface area contributed by atoms with Crippen LogP contribution in [0.25, 0.3) is 0 Å². The molecule has 0 saturated heterocycles. The number of ether oxygens (including phenoxy) is 7. The van der Waals surface area contributed by atoms with Crippen LogP contribution in [0.3, 0.4) is 0 Å². The Morgan fingerprint density at radius 2 is 0.803 bits per heavy atom. The second-order valence-corrected chi connectivity index (χ2v) is 21.0. The van der Waals surface area contributed by atoms with Crippen molar-refractivity contribution in [2.45, 2.75) is 234 Å². The Morgan fingerprint density at radius 3 is 1.09 bits per heavy atom. The lowest BCUT2D eigenvalue weighted by Crippen LogP contribution is -2.41. The number of aldehydes is 1. The fourth-order valence-corrected chi connectivity index (χ4v) is 7.05. The molecule has 3 aliphatic rings. The first-order valence-electron chi connectivity index (χ1n) is 23.6. The van der Waals surface area contributed by atoms with Crippen molar-refractivity contribution in [2.75, 3.05) is 13.2 Å². The third-order valence-corrected chi connectivity index (χ3v) is 9.92.